The fraction of sp³-hybridized carbons (Fsp3) is 1.00. The van der Waals surface area contributed by atoms with Crippen LogP contribution in [0.5, 0.6) is 0 Å². The van der Waals surface area contributed by atoms with Crippen LogP contribution in [-0.4, -0.2) is 51.6 Å². The molecule has 0 saturated carbocycles. The number of ether oxygens (including phenoxy) is 1. The summed E-state index contributed by atoms with van der Waals surface area (Å²) in [6.45, 7) is 1.15. The Balaban J connectivity index is 2.63. The summed E-state index contributed by atoms with van der Waals surface area (Å²) in [6.07, 6.45) is -4.20. The van der Waals surface area contributed by atoms with E-state index in [1.807, 2.05) is 0 Å². The Labute approximate surface area is 70.2 Å². The molecule has 1 heterocycles. The monoisotopic (exact) mass is 178 g/mol. The maximum Gasteiger partial charge on any atom is 0.160 e. The molecule has 1 aliphatic rings. The third kappa shape index (κ3) is 1.60. The van der Waals surface area contributed by atoms with Crippen molar-refractivity contribution in [2.24, 2.45) is 5.92 Å². The average molecular weight is 178 g/mol. The van der Waals surface area contributed by atoms with Crippen LogP contribution in [0.3, 0.4) is 0 Å². The summed E-state index contributed by atoms with van der Waals surface area (Å²) >= 11 is 0. The van der Waals surface area contributed by atoms with Crippen molar-refractivity contribution in [3.63, 3.8) is 0 Å². The third-order valence-electron chi connectivity index (χ3n) is 2.21. The Hall–Kier alpha value is -0.200. The summed E-state index contributed by atoms with van der Waals surface area (Å²) in [5.74, 6) is -0.539. The van der Waals surface area contributed by atoms with Gasteiger partial charge in [-0.2, -0.15) is 0 Å². The van der Waals surface area contributed by atoms with Crippen molar-refractivity contribution in [2.45, 2.75) is 31.5 Å². The fourth-order valence-corrected chi connectivity index (χ4v) is 1.23. The van der Waals surface area contributed by atoms with Crippen LogP contribution >= 0.6 is 0 Å². The lowest BCUT2D eigenvalue weighted by Crippen LogP contribution is -2.54. The maximum absolute atomic E-state index is 9.32. The molecule has 12 heavy (non-hydrogen) atoms. The van der Waals surface area contributed by atoms with Gasteiger partial charge < -0.3 is 25.2 Å². The Kier molecular flexibility index (Phi) is 3.03. The molecule has 4 N–H and O–H groups in total. The molecule has 0 aromatic rings. The number of hydrogen-bond donors (Lipinski definition) is 4. The predicted octanol–water partition coefficient (Wildman–Crippen LogP) is -1.95. The third-order valence-corrected chi connectivity index (χ3v) is 2.21. The molecule has 5 atom stereocenters. The first-order chi connectivity index (χ1) is 5.57. The van der Waals surface area contributed by atoms with Gasteiger partial charge in [0.05, 0.1) is 12.7 Å². The Morgan fingerprint density at radius 1 is 1.17 bits per heavy atom. The van der Waals surface area contributed by atoms with E-state index in [0.29, 0.717) is 0 Å². The van der Waals surface area contributed by atoms with E-state index in [1.54, 1.807) is 6.92 Å². The molecule has 5 nitrogen and oxygen atoms in total. The van der Waals surface area contributed by atoms with Gasteiger partial charge in [-0.05, 0) is 0 Å². The minimum atomic E-state index is -1.13. The van der Waals surface area contributed by atoms with Crippen LogP contribution in [0.25, 0.3) is 0 Å². The quantitative estimate of drug-likeness (QED) is 0.375. The molecule has 1 saturated heterocycles. The molecule has 0 spiro atoms. The van der Waals surface area contributed by atoms with Crippen LogP contribution < -0.4 is 0 Å². The van der Waals surface area contributed by atoms with Gasteiger partial charge in [0.2, 0.25) is 0 Å². The lowest BCUT2D eigenvalue weighted by molar-refractivity contribution is -0.266. The smallest absolute Gasteiger partial charge is 0.160 e. The van der Waals surface area contributed by atoms with E-state index in [9.17, 15) is 10.2 Å². The predicted molar refractivity (Wildman–Crippen MR) is 39.1 cm³/mol. The van der Waals surface area contributed by atoms with Crippen LogP contribution in [0.2, 0.25) is 0 Å². The zero-order chi connectivity index (χ0) is 9.30. The van der Waals surface area contributed by atoms with Gasteiger partial charge in [-0.1, -0.05) is 6.92 Å². The van der Waals surface area contributed by atoms with Crippen molar-refractivity contribution in [3.8, 4) is 0 Å². The summed E-state index contributed by atoms with van der Waals surface area (Å²) in [7, 11) is 0. The van der Waals surface area contributed by atoms with Crippen molar-refractivity contribution in [1.82, 2.24) is 0 Å². The highest BCUT2D eigenvalue weighted by molar-refractivity contribution is 4.86. The highest BCUT2D eigenvalue weighted by Gasteiger charge is 2.40. The zero-order valence-electron chi connectivity index (χ0n) is 6.79. The molecule has 0 aromatic carbocycles. The Morgan fingerprint density at radius 3 is 2.25 bits per heavy atom. The van der Waals surface area contributed by atoms with Crippen molar-refractivity contribution in [3.05, 3.63) is 0 Å². The lowest BCUT2D eigenvalue weighted by atomic mass is 9.93. The molecule has 2 unspecified atom stereocenters. The summed E-state index contributed by atoms with van der Waals surface area (Å²) in [5, 5.41) is 36.4. The number of aliphatic hydroxyl groups is 4. The number of hydrogen-bond acceptors (Lipinski definition) is 5. The largest absolute Gasteiger partial charge is 0.394 e. The summed E-state index contributed by atoms with van der Waals surface area (Å²) in [5.41, 5.74) is 0. The van der Waals surface area contributed by atoms with Gasteiger partial charge in [-0.15, -0.1) is 0 Å². The first-order valence-corrected chi connectivity index (χ1v) is 3.88. The molecule has 0 bridgehead atoms. The van der Waals surface area contributed by atoms with Crippen LogP contribution in [0.4, 0.5) is 0 Å². The highest BCUT2D eigenvalue weighted by atomic mass is 16.6. The second-order valence-electron chi connectivity index (χ2n) is 3.09. The molecule has 5 heteroatoms. The van der Waals surface area contributed by atoms with E-state index in [1.165, 1.54) is 0 Å². The van der Waals surface area contributed by atoms with Gasteiger partial charge in [0.1, 0.15) is 12.2 Å². The molecule has 1 fully saturated rings. The molecule has 72 valence electrons. The van der Waals surface area contributed by atoms with E-state index in [2.05, 4.69) is 0 Å². The van der Waals surface area contributed by atoms with Crippen molar-refractivity contribution in [2.75, 3.05) is 6.61 Å². The van der Waals surface area contributed by atoms with Gasteiger partial charge in [0.15, 0.2) is 6.29 Å². The van der Waals surface area contributed by atoms with E-state index in [4.69, 9.17) is 14.9 Å². The fourth-order valence-electron chi connectivity index (χ4n) is 1.23. The molecule has 1 rings (SSSR count). The topological polar surface area (TPSA) is 90.2 Å². The molecular weight excluding hydrogens is 164 g/mol. The molecule has 0 radical (unpaired) electrons. The normalized spacial score (nSPS) is 49.2. The van der Waals surface area contributed by atoms with Crippen LogP contribution in [0, 0.1) is 5.92 Å². The molecule has 1 aliphatic heterocycles. The second-order valence-corrected chi connectivity index (χ2v) is 3.09. The van der Waals surface area contributed by atoms with Crippen molar-refractivity contribution in [1.29, 1.82) is 0 Å². The number of aliphatic hydroxyl groups excluding tert-OH is 4. The molecule has 0 aromatic heterocycles. The lowest BCUT2D eigenvalue weighted by Gasteiger charge is -2.38. The molecule has 0 aliphatic carbocycles. The minimum absolute atomic E-state index is 0.415. The van der Waals surface area contributed by atoms with Gasteiger partial charge in [0.25, 0.3) is 0 Å². The molecular formula is C7H14O5. The number of rotatable bonds is 1. The SMILES string of the molecule is C[C@H]1C(O)[C@H](O)C(CO)O[C@H]1O. The van der Waals surface area contributed by atoms with E-state index in [-0.39, 0.29) is 0 Å². The Morgan fingerprint density at radius 2 is 1.75 bits per heavy atom. The standard InChI is InChI=1S/C7H14O5/c1-3-5(9)6(10)4(2-8)12-7(3)11/h3-11H,2H2,1H3/t3-,4?,5?,6+,7+/m0/s1. The van der Waals surface area contributed by atoms with Gasteiger partial charge in [-0.25, -0.2) is 0 Å². The first kappa shape index (κ1) is 9.88. The minimum Gasteiger partial charge on any atom is -0.394 e. The first-order valence-electron chi connectivity index (χ1n) is 3.88. The van der Waals surface area contributed by atoms with E-state index >= 15 is 0 Å². The maximum atomic E-state index is 9.32. The van der Waals surface area contributed by atoms with Gasteiger partial charge >= 0.3 is 0 Å². The highest BCUT2D eigenvalue weighted by Crippen LogP contribution is 2.23. The molecule has 0 amide bonds. The summed E-state index contributed by atoms with van der Waals surface area (Å²) in [4.78, 5) is 0. The summed E-state index contributed by atoms with van der Waals surface area (Å²) in [6, 6.07) is 0. The second kappa shape index (κ2) is 3.68. The van der Waals surface area contributed by atoms with Gasteiger partial charge in [0, 0.05) is 5.92 Å². The van der Waals surface area contributed by atoms with Crippen molar-refractivity contribution >= 4 is 0 Å². The Bertz CT molecular complexity index is 146. The van der Waals surface area contributed by atoms with Crippen LogP contribution in [0.1, 0.15) is 6.92 Å². The average Bonchev–Trinajstić information content (AvgIpc) is 2.08. The van der Waals surface area contributed by atoms with Crippen LogP contribution in [-0.2, 0) is 4.74 Å². The van der Waals surface area contributed by atoms with Crippen molar-refractivity contribution < 1.29 is 25.2 Å². The van der Waals surface area contributed by atoms with Crippen LogP contribution in [0.15, 0.2) is 0 Å². The van der Waals surface area contributed by atoms with E-state index in [0.717, 1.165) is 0 Å². The zero-order valence-corrected chi connectivity index (χ0v) is 6.79. The van der Waals surface area contributed by atoms with E-state index < -0.39 is 37.1 Å². The summed E-state index contributed by atoms with van der Waals surface area (Å²) < 4.78 is 4.83. The van der Waals surface area contributed by atoms with Gasteiger partial charge in [-0.3, -0.25) is 0 Å².